The van der Waals surface area contributed by atoms with Gasteiger partial charge in [-0.15, -0.1) is 0 Å². The lowest BCUT2D eigenvalue weighted by molar-refractivity contribution is -0.153. The molecule has 0 spiro atoms. The molecule has 1 rings (SSSR count). The van der Waals surface area contributed by atoms with Crippen LogP contribution >= 0.6 is 12.6 Å². The number of thiol groups is 1. The van der Waals surface area contributed by atoms with Gasteiger partial charge in [0.2, 0.25) is 0 Å². The highest BCUT2D eigenvalue weighted by Crippen LogP contribution is 2.27. The van der Waals surface area contributed by atoms with Gasteiger partial charge < -0.3 is 14.9 Å². The third-order valence-electron chi connectivity index (χ3n) is 7.58. The number of hydrogen-bond acceptors (Lipinski definition) is 6. The molecule has 0 aromatic carbocycles. The van der Waals surface area contributed by atoms with Gasteiger partial charge in [-0.1, -0.05) is 88.6 Å². The Bertz CT molecular complexity index is 1020. The van der Waals surface area contributed by atoms with Crippen molar-refractivity contribution >= 4 is 30.4 Å². The Labute approximate surface area is 246 Å². The van der Waals surface area contributed by atoms with E-state index in [2.05, 4.69) is 51.6 Å². The first-order valence-electron chi connectivity index (χ1n) is 14.4. The van der Waals surface area contributed by atoms with Gasteiger partial charge >= 0.3 is 11.9 Å². The topological polar surface area (TPSA) is 101 Å². The van der Waals surface area contributed by atoms with E-state index in [4.69, 9.17) is 9.84 Å². The van der Waals surface area contributed by atoms with Crippen molar-refractivity contribution in [2.75, 3.05) is 0 Å². The smallest absolute Gasteiger partial charge is 0.328 e. The fourth-order valence-corrected chi connectivity index (χ4v) is 5.33. The zero-order valence-corrected chi connectivity index (χ0v) is 26.4. The monoisotopic (exact) mass is 574 g/mol. The summed E-state index contributed by atoms with van der Waals surface area (Å²) in [6, 6.07) is 0. The third kappa shape index (κ3) is 12.4. The average molecular weight is 575 g/mol. The fraction of sp³-hybridized carbons (Fsp3) is 0.606. The normalized spacial score (nSPS) is 25.0. The number of aliphatic hydroxyl groups excluding tert-OH is 1. The van der Waals surface area contributed by atoms with E-state index in [1.54, 1.807) is 13.8 Å². The number of allylic oxidation sites excluding steroid dienone is 8. The molecule has 1 fully saturated rings. The summed E-state index contributed by atoms with van der Waals surface area (Å²) in [6.07, 6.45) is 14.8. The molecule has 0 aromatic rings. The van der Waals surface area contributed by atoms with Crippen molar-refractivity contribution in [3.8, 4) is 0 Å². The van der Waals surface area contributed by atoms with Crippen molar-refractivity contribution in [3.05, 3.63) is 59.3 Å². The first kappa shape index (κ1) is 35.6. The van der Waals surface area contributed by atoms with Gasteiger partial charge in [0.15, 0.2) is 0 Å². The Hall–Kier alpha value is -2.38. The van der Waals surface area contributed by atoms with Crippen molar-refractivity contribution in [3.63, 3.8) is 0 Å². The van der Waals surface area contributed by atoms with E-state index in [1.165, 1.54) is 5.57 Å². The lowest BCUT2D eigenvalue weighted by atomic mass is 9.83. The molecule has 1 aliphatic heterocycles. The fourth-order valence-electron chi connectivity index (χ4n) is 5.02. The molecule has 6 nitrogen and oxygen atoms in total. The second-order valence-corrected chi connectivity index (χ2v) is 12.2. The number of carboxylic acids is 1. The van der Waals surface area contributed by atoms with Crippen LogP contribution in [0.25, 0.3) is 0 Å². The van der Waals surface area contributed by atoms with Crippen LogP contribution in [-0.2, 0) is 19.1 Å². The zero-order valence-electron chi connectivity index (χ0n) is 25.5. The quantitative estimate of drug-likeness (QED) is 0.0850. The highest BCUT2D eigenvalue weighted by Gasteiger charge is 2.32. The molecule has 0 bridgehead atoms. The summed E-state index contributed by atoms with van der Waals surface area (Å²) >= 11 is 4.52. The van der Waals surface area contributed by atoms with E-state index in [1.807, 2.05) is 39.0 Å². The second-order valence-electron chi connectivity index (χ2n) is 11.5. The molecule has 1 saturated heterocycles. The molecular weight excluding hydrogens is 524 g/mol. The number of rotatable bonds is 15. The minimum absolute atomic E-state index is 0.0114. The molecule has 0 radical (unpaired) electrons. The van der Waals surface area contributed by atoms with Gasteiger partial charge in [0.25, 0.3) is 0 Å². The number of hydrogen-bond donors (Lipinski definition) is 3. The van der Waals surface area contributed by atoms with Crippen molar-refractivity contribution in [2.45, 2.75) is 98.5 Å². The number of aliphatic hydroxyl groups is 1. The predicted molar refractivity (Wildman–Crippen MR) is 165 cm³/mol. The molecule has 0 aromatic heterocycles. The molecular formula is C33H50O6S. The zero-order chi connectivity index (χ0) is 30.6. The highest BCUT2D eigenvalue weighted by atomic mass is 32.1. The van der Waals surface area contributed by atoms with Gasteiger partial charge in [-0.2, -0.15) is 12.6 Å². The van der Waals surface area contributed by atoms with E-state index < -0.39 is 18.0 Å². The first-order valence-corrected chi connectivity index (χ1v) is 14.9. The third-order valence-corrected chi connectivity index (χ3v) is 8.24. The van der Waals surface area contributed by atoms with Crippen LogP contribution in [0.2, 0.25) is 0 Å². The van der Waals surface area contributed by atoms with E-state index in [-0.39, 0.29) is 40.9 Å². The molecule has 2 N–H and O–H groups in total. The summed E-state index contributed by atoms with van der Waals surface area (Å²) in [5.41, 5.74) is 2.83. The number of aliphatic carboxylic acids is 1. The number of carboxylic acid groups (broad SMARTS) is 1. The molecule has 0 unspecified atom stereocenters. The minimum Gasteiger partial charge on any atom is -0.478 e. The predicted octanol–water partition coefficient (Wildman–Crippen LogP) is 6.92. The van der Waals surface area contributed by atoms with Gasteiger partial charge in [-0.3, -0.25) is 9.59 Å². The van der Waals surface area contributed by atoms with Crippen molar-refractivity contribution in [2.24, 2.45) is 29.6 Å². The number of esters is 1. The molecule has 224 valence electrons. The summed E-state index contributed by atoms with van der Waals surface area (Å²) < 4.78 is 5.50. The number of carbonyl (C=O) groups is 3. The molecule has 0 aliphatic carbocycles. The first-order chi connectivity index (χ1) is 18.7. The molecule has 7 heteroatoms. The lowest BCUT2D eigenvalue weighted by Gasteiger charge is -2.31. The van der Waals surface area contributed by atoms with E-state index in [9.17, 15) is 19.5 Å². The lowest BCUT2D eigenvalue weighted by Crippen LogP contribution is -2.37. The summed E-state index contributed by atoms with van der Waals surface area (Å²) in [6.45, 7) is 15.4. The average Bonchev–Trinajstić information content (AvgIpc) is 2.86. The maximum absolute atomic E-state index is 13.0. The Morgan fingerprint density at radius 1 is 1.12 bits per heavy atom. The number of Topliss-reactive ketones (excluding diaryl/α,β-unsaturated/α-hetero) is 1. The summed E-state index contributed by atoms with van der Waals surface area (Å²) in [4.78, 5) is 35.6. The van der Waals surface area contributed by atoms with Gasteiger partial charge in [-0.05, 0) is 51.0 Å². The van der Waals surface area contributed by atoms with Crippen LogP contribution in [0.3, 0.4) is 0 Å². The van der Waals surface area contributed by atoms with Crippen LogP contribution in [0.1, 0.15) is 81.1 Å². The van der Waals surface area contributed by atoms with Crippen molar-refractivity contribution in [1.82, 2.24) is 0 Å². The molecule has 40 heavy (non-hydrogen) atoms. The summed E-state index contributed by atoms with van der Waals surface area (Å²) in [7, 11) is 0. The minimum atomic E-state index is -1.01. The van der Waals surface area contributed by atoms with Gasteiger partial charge in [-0.25, -0.2) is 4.79 Å². The SMILES string of the molecule is CCC(=C/[C@H](C)C/C=C/C(C)=C/[C@@H](C)C(=O)[C@@H](C)[C@H](O)[C@@H](C)C/C(C)=C/C(=O)O)/C=C/[C@@H]1OC(=O)C[C@@H](S)[C@@H]1C. The van der Waals surface area contributed by atoms with E-state index in [0.717, 1.165) is 24.5 Å². The van der Waals surface area contributed by atoms with Crippen LogP contribution in [-0.4, -0.2) is 45.4 Å². The molecule has 0 amide bonds. The number of ketones is 1. The number of cyclic esters (lactones) is 1. The summed E-state index contributed by atoms with van der Waals surface area (Å²) in [5, 5.41) is 19.6. The molecule has 1 heterocycles. The van der Waals surface area contributed by atoms with Gasteiger partial charge in [0, 0.05) is 29.1 Å². The largest absolute Gasteiger partial charge is 0.478 e. The Morgan fingerprint density at radius 3 is 2.38 bits per heavy atom. The molecule has 1 aliphatic rings. The van der Waals surface area contributed by atoms with Crippen LogP contribution in [0.5, 0.6) is 0 Å². The second kappa shape index (κ2) is 17.4. The van der Waals surface area contributed by atoms with Crippen LogP contribution in [0.15, 0.2) is 59.3 Å². The standard InChI is InChI=1S/C33H50O6S/c1-9-27(13-14-28-25(7)29(40)19-31(36)39-28)17-21(3)12-10-11-20(2)15-23(5)32(37)26(8)33(38)24(6)16-22(4)18-30(34)35/h10-11,13-15,17-18,21,23-26,28-29,33,38,40H,9,12,16,19H2,1-8H3,(H,34,35)/b11-10+,14-13+,20-15+,22-18+,27-17-/t21-,23-,24+,25-,26-,28+,29-,33-/m1/s1. The van der Waals surface area contributed by atoms with E-state index in [0.29, 0.717) is 24.3 Å². The van der Waals surface area contributed by atoms with Gasteiger partial charge in [0.1, 0.15) is 11.9 Å². The summed E-state index contributed by atoms with van der Waals surface area (Å²) in [5.74, 6) is -1.91. The molecule has 8 atom stereocenters. The van der Waals surface area contributed by atoms with Gasteiger partial charge in [0.05, 0.1) is 12.5 Å². The van der Waals surface area contributed by atoms with Crippen LogP contribution < -0.4 is 0 Å². The molecule has 0 saturated carbocycles. The Kier molecular flexibility index (Phi) is 15.5. The number of ether oxygens (including phenoxy) is 1. The Morgan fingerprint density at radius 2 is 1.77 bits per heavy atom. The highest BCUT2D eigenvalue weighted by molar-refractivity contribution is 7.81. The maximum atomic E-state index is 13.0. The van der Waals surface area contributed by atoms with Crippen LogP contribution in [0.4, 0.5) is 0 Å². The maximum Gasteiger partial charge on any atom is 0.328 e. The van der Waals surface area contributed by atoms with E-state index >= 15 is 0 Å². The van der Waals surface area contributed by atoms with Crippen LogP contribution in [0, 0.1) is 29.6 Å². The van der Waals surface area contributed by atoms with Crippen molar-refractivity contribution < 1.29 is 29.3 Å². The number of carbonyl (C=O) groups excluding carboxylic acids is 2. The van der Waals surface area contributed by atoms with Crippen molar-refractivity contribution in [1.29, 1.82) is 0 Å². The Balaban J connectivity index is 2.71.